The van der Waals surface area contributed by atoms with E-state index in [2.05, 4.69) is 25.7 Å². The van der Waals surface area contributed by atoms with Crippen LogP contribution in [0.1, 0.15) is 17.3 Å². The molecule has 0 fully saturated rings. The van der Waals surface area contributed by atoms with Crippen molar-refractivity contribution < 1.29 is 17.9 Å². The molecular formula is C13H10BrF3N2O. The van der Waals surface area contributed by atoms with Crippen LogP contribution in [0.15, 0.2) is 47.1 Å². The summed E-state index contributed by atoms with van der Waals surface area (Å²) in [5, 5.41) is 0. The Kier molecular flexibility index (Phi) is 4.29. The van der Waals surface area contributed by atoms with Gasteiger partial charge in [0.05, 0.1) is 11.7 Å². The minimum Gasteiger partial charge on any atom is -0.406 e. The van der Waals surface area contributed by atoms with Gasteiger partial charge in [-0.2, -0.15) is 0 Å². The van der Waals surface area contributed by atoms with Crippen LogP contribution in [-0.4, -0.2) is 11.3 Å². The molecule has 0 aliphatic rings. The predicted octanol–water partition coefficient (Wildman–Crippen LogP) is 3.79. The average molecular weight is 347 g/mol. The Bertz CT molecular complexity index is 587. The van der Waals surface area contributed by atoms with Crippen molar-refractivity contribution >= 4 is 15.9 Å². The lowest BCUT2D eigenvalue weighted by Gasteiger charge is -2.14. The molecule has 2 aromatic rings. The fraction of sp³-hybridized carbons (Fsp3) is 0.154. The van der Waals surface area contributed by atoms with Crippen LogP contribution in [0.3, 0.4) is 0 Å². The van der Waals surface area contributed by atoms with Crippen LogP contribution < -0.4 is 10.5 Å². The largest absolute Gasteiger partial charge is 0.573 e. The zero-order valence-corrected chi connectivity index (χ0v) is 11.6. The Morgan fingerprint density at radius 1 is 1.20 bits per heavy atom. The first-order valence-corrected chi connectivity index (χ1v) is 6.37. The molecule has 0 radical (unpaired) electrons. The van der Waals surface area contributed by atoms with Gasteiger partial charge in [0.2, 0.25) is 0 Å². The second-order valence-electron chi connectivity index (χ2n) is 4.00. The Morgan fingerprint density at radius 3 is 2.55 bits per heavy atom. The molecule has 7 heteroatoms. The normalized spacial score (nSPS) is 13.1. The van der Waals surface area contributed by atoms with Crippen LogP contribution >= 0.6 is 15.9 Å². The minimum atomic E-state index is -4.72. The van der Waals surface area contributed by atoms with Gasteiger partial charge in [-0.15, -0.1) is 13.2 Å². The fourth-order valence-electron chi connectivity index (χ4n) is 1.65. The van der Waals surface area contributed by atoms with E-state index in [4.69, 9.17) is 5.73 Å². The number of pyridine rings is 1. The number of aromatic nitrogens is 1. The number of nitrogens with zero attached hydrogens (tertiary/aromatic N) is 1. The average Bonchev–Trinajstić information content (AvgIpc) is 2.37. The Morgan fingerprint density at radius 2 is 1.95 bits per heavy atom. The molecule has 2 N–H and O–H groups in total. The van der Waals surface area contributed by atoms with Gasteiger partial charge in [-0.05, 0) is 45.8 Å². The molecule has 1 atom stereocenters. The summed E-state index contributed by atoms with van der Waals surface area (Å²) in [5.74, 6) is -0.303. The summed E-state index contributed by atoms with van der Waals surface area (Å²) in [6.45, 7) is 0. The standard InChI is InChI=1S/C13H10BrF3N2O/c14-9-4-5-11(19-7-9)12(18)8-2-1-3-10(6-8)20-13(15,16)17/h1-7,12H,18H2. The number of hydrogen-bond donors (Lipinski definition) is 1. The van der Waals surface area contributed by atoms with Gasteiger partial charge in [-0.3, -0.25) is 4.98 Å². The monoisotopic (exact) mass is 346 g/mol. The van der Waals surface area contributed by atoms with E-state index in [1.54, 1.807) is 24.4 Å². The second-order valence-corrected chi connectivity index (χ2v) is 4.91. The Hall–Kier alpha value is -1.60. The number of rotatable bonds is 3. The van der Waals surface area contributed by atoms with Gasteiger partial charge in [0, 0.05) is 10.7 Å². The lowest BCUT2D eigenvalue weighted by atomic mass is 10.0. The molecule has 0 aliphatic heterocycles. The van der Waals surface area contributed by atoms with E-state index < -0.39 is 12.4 Å². The Labute approximate surface area is 121 Å². The molecule has 1 aromatic heterocycles. The van der Waals surface area contributed by atoms with Gasteiger partial charge in [0.1, 0.15) is 5.75 Å². The van der Waals surface area contributed by atoms with Crippen LogP contribution in [0.4, 0.5) is 13.2 Å². The second kappa shape index (κ2) is 5.80. The predicted molar refractivity (Wildman–Crippen MR) is 71.1 cm³/mol. The summed E-state index contributed by atoms with van der Waals surface area (Å²) in [4.78, 5) is 4.12. The first kappa shape index (κ1) is 14.8. The molecule has 3 nitrogen and oxygen atoms in total. The molecule has 20 heavy (non-hydrogen) atoms. The smallest absolute Gasteiger partial charge is 0.406 e. The summed E-state index contributed by atoms with van der Waals surface area (Å²) in [6, 6.07) is 8.39. The maximum atomic E-state index is 12.2. The summed E-state index contributed by atoms with van der Waals surface area (Å²) in [6.07, 6.45) is -3.15. The first-order chi connectivity index (χ1) is 9.35. The van der Waals surface area contributed by atoms with Crippen LogP contribution in [0.2, 0.25) is 0 Å². The number of ether oxygens (including phenoxy) is 1. The van der Waals surface area contributed by atoms with Crippen molar-refractivity contribution in [1.82, 2.24) is 4.98 Å². The van der Waals surface area contributed by atoms with Crippen molar-refractivity contribution in [2.24, 2.45) is 5.73 Å². The van der Waals surface area contributed by atoms with Crippen molar-refractivity contribution in [3.05, 3.63) is 58.3 Å². The number of alkyl halides is 3. The number of nitrogens with two attached hydrogens (primary N) is 1. The quantitative estimate of drug-likeness (QED) is 0.919. The minimum absolute atomic E-state index is 0.303. The zero-order chi connectivity index (χ0) is 14.8. The van der Waals surface area contributed by atoms with Gasteiger partial charge >= 0.3 is 6.36 Å². The fourth-order valence-corrected chi connectivity index (χ4v) is 1.88. The van der Waals surface area contributed by atoms with Crippen molar-refractivity contribution in [2.45, 2.75) is 12.4 Å². The number of hydrogen-bond acceptors (Lipinski definition) is 3. The van der Waals surface area contributed by atoms with E-state index in [-0.39, 0.29) is 5.75 Å². The van der Waals surface area contributed by atoms with Crippen LogP contribution in [0.25, 0.3) is 0 Å². The highest BCUT2D eigenvalue weighted by Crippen LogP contribution is 2.27. The number of benzene rings is 1. The van der Waals surface area contributed by atoms with Crippen molar-refractivity contribution in [3.63, 3.8) is 0 Å². The molecule has 2 rings (SSSR count). The van der Waals surface area contributed by atoms with Crippen LogP contribution in [0.5, 0.6) is 5.75 Å². The third-order valence-electron chi connectivity index (χ3n) is 2.52. The molecule has 0 bridgehead atoms. The first-order valence-electron chi connectivity index (χ1n) is 5.58. The maximum absolute atomic E-state index is 12.2. The topological polar surface area (TPSA) is 48.1 Å². The van der Waals surface area contributed by atoms with E-state index in [1.807, 2.05) is 0 Å². The van der Waals surface area contributed by atoms with Gasteiger partial charge in [0.25, 0.3) is 0 Å². The molecule has 0 aliphatic carbocycles. The van der Waals surface area contributed by atoms with Gasteiger partial charge < -0.3 is 10.5 Å². The SMILES string of the molecule is NC(c1cccc(OC(F)(F)F)c1)c1ccc(Br)cn1. The van der Waals surface area contributed by atoms with Crippen molar-refractivity contribution in [2.75, 3.05) is 0 Å². The summed E-state index contributed by atoms with van der Waals surface area (Å²) < 4.78 is 41.2. The highest BCUT2D eigenvalue weighted by atomic mass is 79.9. The maximum Gasteiger partial charge on any atom is 0.573 e. The van der Waals surface area contributed by atoms with E-state index in [0.717, 1.165) is 4.47 Å². The highest BCUT2D eigenvalue weighted by Gasteiger charge is 2.31. The molecule has 1 heterocycles. The molecule has 1 aromatic carbocycles. The van der Waals surface area contributed by atoms with Crippen molar-refractivity contribution in [1.29, 1.82) is 0 Å². The molecule has 0 spiro atoms. The lowest BCUT2D eigenvalue weighted by molar-refractivity contribution is -0.274. The Balaban J connectivity index is 2.24. The molecular weight excluding hydrogens is 337 g/mol. The molecule has 1 unspecified atom stereocenters. The van der Waals surface area contributed by atoms with Crippen LogP contribution in [0, 0.1) is 0 Å². The summed E-state index contributed by atoms with van der Waals surface area (Å²) >= 11 is 3.25. The number of halogens is 4. The van der Waals surface area contributed by atoms with Gasteiger partial charge in [-0.25, -0.2) is 0 Å². The summed E-state index contributed by atoms with van der Waals surface area (Å²) in [5.41, 5.74) is 7.03. The van der Waals surface area contributed by atoms with E-state index >= 15 is 0 Å². The molecule has 106 valence electrons. The van der Waals surface area contributed by atoms with E-state index in [0.29, 0.717) is 11.3 Å². The lowest BCUT2D eigenvalue weighted by Crippen LogP contribution is -2.18. The van der Waals surface area contributed by atoms with E-state index in [1.165, 1.54) is 18.2 Å². The molecule has 0 saturated carbocycles. The van der Waals surface area contributed by atoms with E-state index in [9.17, 15) is 13.2 Å². The third kappa shape index (κ3) is 3.94. The molecule has 0 amide bonds. The third-order valence-corrected chi connectivity index (χ3v) is 2.99. The van der Waals surface area contributed by atoms with Crippen molar-refractivity contribution in [3.8, 4) is 5.75 Å². The zero-order valence-electron chi connectivity index (χ0n) is 10.1. The van der Waals surface area contributed by atoms with Crippen LogP contribution in [-0.2, 0) is 0 Å². The van der Waals surface area contributed by atoms with Gasteiger partial charge in [-0.1, -0.05) is 12.1 Å². The molecule has 0 saturated heterocycles. The highest BCUT2D eigenvalue weighted by molar-refractivity contribution is 9.10. The summed E-state index contributed by atoms with van der Waals surface area (Å²) in [7, 11) is 0. The van der Waals surface area contributed by atoms with Gasteiger partial charge in [0.15, 0.2) is 0 Å².